The highest BCUT2D eigenvalue weighted by Gasteiger charge is 2.08. The lowest BCUT2D eigenvalue weighted by Crippen LogP contribution is -1.93. The molecule has 0 atom stereocenters. The SMILES string of the molecule is Nc1cc(F)c(F)c(F)c1.Nc1ccc(Cl)cn1.Nc1ccc(F)cc1Cl.Nc1ccc(F)cc1F.Nc1ccc(F)cn1.Nc1ccccc1F.Nc1ccncn1.Nc1cncc(F)c1.Nc1cncnc1.Nc1ncco1.Nc1nccs1. The maximum absolute atomic E-state index is 12.2. The molecule has 4 aromatic carbocycles. The number of rotatable bonds is 0. The van der Waals surface area contributed by atoms with Crippen molar-refractivity contribution in [3.05, 3.63) is 252 Å². The van der Waals surface area contributed by atoms with Crippen LogP contribution < -0.4 is 63.1 Å². The monoisotopic (exact) mass is 1260 g/mol. The van der Waals surface area contributed by atoms with Gasteiger partial charge in [-0.3, -0.25) is 4.98 Å². The first-order chi connectivity index (χ1) is 40.7. The van der Waals surface area contributed by atoms with Crippen LogP contribution in [0.5, 0.6) is 0 Å². The number of oxazole rings is 1. The summed E-state index contributed by atoms with van der Waals surface area (Å²) >= 11 is 12.4. The Labute approximate surface area is 498 Å². The summed E-state index contributed by atoms with van der Waals surface area (Å²) in [6.07, 6.45) is 17.2. The lowest BCUT2D eigenvalue weighted by Gasteiger charge is -1.95. The number of thiazole rings is 1. The Morgan fingerprint density at radius 1 is 0.384 bits per heavy atom. The Bertz CT molecular complexity index is 3290. The van der Waals surface area contributed by atoms with Crippen molar-refractivity contribution in [2.75, 3.05) is 63.1 Å². The first kappa shape index (κ1) is 73.1. The van der Waals surface area contributed by atoms with Gasteiger partial charge in [-0.1, -0.05) is 35.3 Å². The van der Waals surface area contributed by atoms with Crippen LogP contribution in [0.2, 0.25) is 10.0 Å². The molecule has 22 N–H and O–H groups in total. The molecular formula is C53H53Cl2F9N20OS. The lowest BCUT2D eigenvalue weighted by atomic mass is 10.3. The zero-order chi connectivity index (χ0) is 64.4. The van der Waals surface area contributed by atoms with Crippen LogP contribution in [0.3, 0.4) is 0 Å². The maximum Gasteiger partial charge on any atom is 0.291 e. The first-order valence-corrected chi connectivity index (χ1v) is 24.6. The van der Waals surface area contributed by atoms with E-state index in [1.54, 1.807) is 55.1 Å². The minimum Gasteiger partial charge on any atom is -0.432 e. The van der Waals surface area contributed by atoms with E-state index in [1.807, 2.05) is 5.38 Å². The number of nitrogen functional groups attached to an aromatic ring is 11. The zero-order valence-corrected chi connectivity index (χ0v) is 46.6. The van der Waals surface area contributed by atoms with Gasteiger partial charge in [-0.25, -0.2) is 79.4 Å². The van der Waals surface area contributed by atoms with E-state index in [2.05, 4.69) is 49.3 Å². The molecule has 0 unspecified atom stereocenters. The largest absolute Gasteiger partial charge is 0.432 e. The summed E-state index contributed by atoms with van der Waals surface area (Å²) in [5.74, 6) is -5.48. The smallest absolute Gasteiger partial charge is 0.291 e. The van der Waals surface area contributed by atoms with E-state index in [0.717, 1.165) is 36.7 Å². The summed E-state index contributed by atoms with van der Waals surface area (Å²) in [7, 11) is 0. The van der Waals surface area contributed by atoms with Gasteiger partial charge in [-0.05, 0) is 78.9 Å². The molecule has 0 aliphatic heterocycles. The molecule has 454 valence electrons. The number of nitrogens with zero attached hydrogens (tertiary/aromatic N) is 9. The van der Waals surface area contributed by atoms with E-state index in [0.29, 0.717) is 44.7 Å². The van der Waals surface area contributed by atoms with Crippen molar-refractivity contribution in [3.8, 4) is 0 Å². The van der Waals surface area contributed by atoms with Crippen LogP contribution in [0.1, 0.15) is 0 Å². The van der Waals surface area contributed by atoms with Gasteiger partial charge in [0.05, 0.1) is 69.5 Å². The summed E-state index contributed by atoms with van der Waals surface area (Å²) < 4.78 is 114. The lowest BCUT2D eigenvalue weighted by molar-refractivity contribution is 0.448. The van der Waals surface area contributed by atoms with Crippen molar-refractivity contribution in [2.45, 2.75) is 0 Å². The maximum atomic E-state index is 12.2. The van der Waals surface area contributed by atoms with Crippen LogP contribution in [0.4, 0.5) is 102 Å². The molecule has 0 saturated carbocycles. The predicted molar refractivity (Wildman–Crippen MR) is 319 cm³/mol. The van der Waals surface area contributed by atoms with Crippen molar-refractivity contribution in [2.24, 2.45) is 0 Å². The van der Waals surface area contributed by atoms with Crippen molar-refractivity contribution >= 4 is 97.3 Å². The van der Waals surface area contributed by atoms with Crippen molar-refractivity contribution in [3.63, 3.8) is 0 Å². The molecule has 21 nitrogen and oxygen atoms in total. The number of nitrogens with two attached hydrogens (primary N) is 11. The third-order valence-corrected chi connectivity index (χ3v) is 9.31. The topological polar surface area (TPSA) is 415 Å². The summed E-state index contributed by atoms with van der Waals surface area (Å²) in [6.45, 7) is 0. The number of anilines is 11. The fourth-order valence-corrected chi connectivity index (χ4v) is 5.00. The van der Waals surface area contributed by atoms with Gasteiger partial charge in [0.2, 0.25) is 0 Å². The average Bonchev–Trinajstić information content (AvgIpc) is 4.29. The van der Waals surface area contributed by atoms with Gasteiger partial charge in [0, 0.05) is 54.1 Å². The molecule has 0 fully saturated rings. The van der Waals surface area contributed by atoms with Crippen LogP contribution in [0.25, 0.3) is 0 Å². The highest BCUT2D eigenvalue weighted by atomic mass is 35.5. The third kappa shape index (κ3) is 36.4. The van der Waals surface area contributed by atoms with E-state index in [9.17, 15) is 39.5 Å². The predicted octanol–water partition coefficient (Wildman–Crippen LogP) is 10.7. The Morgan fingerprint density at radius 2 is 0.953 bits per heavy atom. The molecule has 0 saturated heterocycles. The summed E-state index contributed by atoms with van der Waals surface area (Å²) in [5, 5.41) is 3.35. The Morgan fingerprint density at radius 3 is 1.28 bits per heavy atom. The van der Waals surface area contributed by atoms with Crippen molar-refractivity contribution in [1.29, 1.82) is 0 Å². The molecule has 0 aliphatic carbocycles. The number of halogens is 11. The molecule has 0 spiro atoms. The van der Waals surface area contributed by atoms with E-state index in [-0.39, 0.29) is 45.6 Å². The second-order valence-electron chi connectivity index (χ2n) is 14.9. The molecule has 0 radical (unpaired) electrons. The fourth-order valence-electron chi connectivity index (χ4n) is 4.34. The Kier molecular flexibility index (Phi) is 35.7. The summed E-state index contributed by atoms with van der Waals surface area (Å²) in [6, 6.07) is 23.6. The summed E-state index contributed by atoms with van der Waals surface area (Å²) in [4.78, 5) is 32.5. The normalized spacial score (nSPS) is 9.15. The quantitative estimate of drug-likeness (QED) is 0.0382. The number of para-hydroxylation sites is 1. The van der Waals surface area contributed by atoms with E-state index >= 15 is 0 Å². The molecule has 0 aliphatic rings. The zero-order valence-electron chi connectivity index (χ0n) is 44.2. The molecule has 7 aromatic heterocycles. The number of hydrogen-bond acceptors (Lipinski definition) is 22. The van der Waals surface area contributed by atoms with Gasteiger partial charge in [0.25, 0.3) is 6.01 Å². The fraction of sp³-hybridized carbons (Fsp3) is 0. The second kappa shape index (κ2) is 42.0. The molecule has 0 bridgehead atoms. The molecular weight excluding hydrogens is 1210 g/mol. The van der Waals surface area contributed by atoms with Gasteiger partial charge in [0.15, 0.2) is 22.6 Å². The van der Waals surface area contributed by atoms with Crippen LogP contribution in [0.15, 0.2) is 194 Å². The molecule has 86 heavy (non-hydrogen) atoms. The van der Waals surface area contributed by atoms with Gasteiger partial charge in [-0.15, -0.1) is 11.3 Å². The highest BCUT2D eigenvalue weighted by molar-refractivity contribution is 7.13. The number of hydrogen-bond donors (Lipinski definition) is 11. The molecule has 11 rings (SSSR count). The van der Waals surface area contributed by atoms with Gasteiger partial charge in [-0.2, -0.15) is 0 Å². The molecule has 7 heterocycles. The van der Waals surface area contributed by atoms with Crippen LogP contribution in [-0.4, -0.2) is 44.9 Å². The molecule has 11 aromatic rings. The molecule has 33 heteroatoms. The van der Waals surface area contributed by atoms with Crippen LogP contribution >= 0.6 is 34.5 Å². The molecule has 0 amide bonds. The van der Waals surface area contributed by atoms with Gasteiger partial charge >= 0.3 is 0 Å². The van der Waals surface area contributed by atoms with Crippen LogP contribution in [0, 0.1) is 52.4 Å². The average molecular weight is 1260 g/mol. The van der Waals surface area contributed by atoms with Crippen molar-refractivity contribution < 1.29 is 43.9 Å². The highest BCUT2D eigenvalue weighted by Crippen LogP contribution is 2.18. The number of aromatic nitrogens is 9. The standard InChI is InChI=1S/C6H5ClFN.C6H4F3N.C6H5F2N.C6H6FN.C5H5ClN2.2C5H5FN2.2C4H5N3.C3H4N2O.C3H4N2S/c7-5-3-4(8)1-2-6(5)9;7-4-1-3(10)2-5(8)6(4)9;7-4-1-2-6(9)5(8)3-4;7-5-3-1-2-4-6(5)8;6-4-1-2-5(7)8-3-4;6-4-1-5(7)3-8-2-4;6-4-1-2-5(7)8-3-4;5-4-1-6-3-7-2-4;5-4-1-2-6-3-7-4;2*4-3-5-1-2-6-3/h1-3H,9H2;1-2H,10H2;1-3H,9H2;1-4H,8H2;1-3H,(H2,7,8);1-3H,7H2;1-3H,(H2,7,8);1-3H,5H2;1-3H,(H2,5,6,7);2*1-2H,(H2,4,5). The van der Waals surface area contributed by atoms with E-state index in [1.165, 1.54) is 103 Å². The number of pyridine rings is 3. The minimum absolute atomic E-state index is 0.0311. The van der Waals surface area contributed by atoms with E-state index < -0.39 is 34.9 Å². The minimum atomic E-state index is -1.49. The number of benzene rings is 4. The van der Waals surface area contributed by atoms with Crippen LogP contribution in [-0.2, 0) is 0 Å². The van der Waals surface area contributed by atoms with E-state index in [4.69, 9.17) is 86.3 Å². The third-order valence-electron chi connectivity index (χ3n) is 8.15. The Hall–Kier alpha value is -10.9. The van der Waals surface area contributed by atoms with Gasteiger partial charge in [0.1, 0.15) is 71.3 Å². The second-order valence-corrected chi connectivity index (χ2v) is 16.7. The Balaban J connectivity index is 0.000000474. The summed E-state index contributed by atoms with van der Waals surface area (Å²) in [5.41, 5.74) is 58.0. The van der Waals surface area contributed by atoms with Gasteiger partial charge < -0.3 is 67.5 Å². The first-order valence-electron chi connectivity index (χ1n) is 23.0. The van der Waals surface area contributed by atoms with Crippen molar-refractivity contribution in [1.82, 2.24) is 44.9 Å².